The molecule has 2 aromatic carbocycles. The third kappa shape index (κ3) is 4.74. The highest BCUT2D eigenvalue weighted by Crippen LogP contribution is 2.33. The summed E-state index contributed by atoms with van der Waals surface area (Å²) in [5.41, 5.74) is 6.52. The number of fused-ring (bicyclic) bond motifs is 1. The Morgan fingerprint density at radius 3 is 2.54 bits per heavy atom. The van der Waals surface area contributed by atoms with E-state index in [9.17, 15) is 13.5 Å². The van der Waals surface area contributed by atoms with Crippen LogP contribution in [0.4, 0.5) is 5.95 Å². The fourth-order valence-corrected chi connectivity index (χ4v) is 5.79. The minimum Gasteiger partial charge on any atom is -0.493 e. The van der Waals surface area contributed by atoms with Crippen LogP contribution >= 0.6 is 0 Å². The van der Waals surface area contributed by atoms with Gasteiger partial charge in [0.05, 0.1) is 10.6 Å². The quantitative estimate of drug-likeness (QED) is 0.414. The van der Waals surface area contributed by atoms with Crippen LogP contribution in [0.5, 0.6) is 5.88 Å². The van der Waals surface area contributed by atoms with Gasteiger partial charge in [0.15, 0.2) is 0 Å². The van der Waals surface area contributed by atoms with Gasteiger partial charge in [-0.25, -0.2) is 18.1 Å². The van der Waals surface area contributed by atoms with Crippen molar-refractivity contribution in [2.45, 2.75) is 43.9 Å². The van der Waals surface area contributed by atoms with E-state index in [2.05, 4.69) is 25.7 Å². The first-order valence-corrected chi connectivity index (χ1v) is 13.0. The van der Waals surface area contributed by atoms with Crippen LogP contribution in [0.3, 0.4) is 0 Å². The molecule has 0 fully saturated rings. The highest BCUT2D eigenvalue weighted by Gasteiger charge is 2.23. The maximum Gasteiger partial charge on any atom is 0.264 e. The van der Waals surface area contributed by atoms with E-state index >= 15 is 0 Å². The smallest absolute Gasteiger partial charge is 0.264 e. The molecule has 0 bridgehead atoms. The molecule has 8 heteroatoms. The zero-order valence-corrected chi connectivity index (χ0v) is 20.4. The Morgan fingerprint density at radius 2 is 1.74 bits per heavy atom. The molecule has 178 valence electrons. The Bertz CT molecular complexity index is 1500. The summed E-state index contributed by atoms with van der Waals surface area (Å²) in [4.78, 5) is 12.9. The van der Waals surface area contributed by atoms with Crippen molar-refractivity contribution < 1.29 is 13.5 Å². The van der Waals surface area contributed by atoms with Gasteiger partial charge in [-0.2, -0.15) is 4.98 Å². The molecule has 35 heavy (non-hydrogen) atoms. The van der Waals surface area contributed by atoms with Gasteiger partial charge in [0.25, 0.3) is 10.0 Å². The summed E-state index contributed by atoms with van der Waals surface area (Å²) in [5.74, 6) is -0.265. The van der Waals surface area contributed by atoms with Crippen LogP contribution < -0.4 is 4.72 Å². The van der Waals surface area contributed by atoms with Crippen LogP contribution in [0.25, 0.3) is 11.3 Å². The Labute approximate surface area is 205 Å². The number of rotatable bonds is 5. The third-order valence-electron chi connectivity index (χ3n) is 6.50. The largest absolute Gasteiger partial charge is 0.493 e. The number of aryl methyl sites for hydroxylation is 3. The number of anilines is 1. The van der Waals surface area contributed by atoms with E-state index < -0.39 is 10.0 Å². The molecular weight excluding hydrogens is 460 g/mol. The highest BCUT2D eigenvalue weighted by molar-refractivity contribution is 7.92. The maximum absolute atomic E-state index is 13.2. The van der Waals surface area contributed by atoms with Crippen LogP contribution in [0.2, 0.25) is 0 Å². The third-order valence-corrected chi connectivity index (χ3v) is 7.82. The normalized spacial score (nSPS) is 15.4. The molecule has 7 nitrogen and oxygen atoms in total. The second kappa shape index (κ2) is 9.11. The molecule has 0 saturated carbocycles. The number of pyridine rings is 1. The Kier molecular flexibility index (Phi) is 5.98. The van der Waals surface area contributed by atoms with E-state index in [4.69, 9.17) is 0 Å². The van der Waals surface area contributed by atoms with Crippen molar-refractivity contribution in [1.29, 1.82) is 0 Å². The number of nitrogens with zero attached hydrogens (tertiary/aromatic N) is 3. The fourth-order valence-electron chi connectivity index (χ4n) is 4.79. The first-order valence-electron chi connectivity index (χ1n) is 11.5. The summed E-state index contributed by atoms with van der Waals surface area (Å²) in [6.45, 7) is 3.88. The summed E-state index contributed by atoms with van der Waals surface area (Å²) < 4.78 is 28.9. The first-order chi connectivity index (χ1) is 16.8. The lowest BCUT2D eigenvalue weighted by Gasteiger charge is -2.24. The zero-order chi connectivity index (χ0) is 24.6. The lowest BCUT2D eigenvalue weighted by molar-refractivity contribution is 0.453. The van der Waals surface area contributed by atoms with E-state index in [0.717, 1.165) is 47.2 Å². The van der Waals surface area contributed by atoms with Crippen molar-refractivity contribution in [1.82, 2.24) is 15.0 Å². The molecule has 0 aliphatic heterocycles. The molecule has 1 unspecified atom stereocenters. The second-order valence-electron chi connectivity index (χ2n) is 8.93. The van der Waals surface area contributed by atoms with Crippen molar-refractivity contribution in [3.63, 3.8) is 0 Å². The lowest BCUT2D eigenvalue weighted by Crippen LogP contribution is -2.17. The summed E-state index contributed by atoms with van der Waals surface area (Å²) >= 11 is 0. The number of sulfonamides is 1. The van der Waals surface area contributed by atoms with Crippen LogP contribution in [0.15, 0.2) is 71.8 Å². The van der Waals surface area contributed by atoms with Gasteiger partial charge in [0.1, 0.15) is 0 Å². The monoisotopic (exact) mass is 486 g/mol. The summed E-state index contributed by atoms with van der Waals surface area (Å²) in [5, 5.41) is 10.2. The molecule has 2 N–H and O–H groups in total. The molecule has 1 aliphatic rings. The molecule has 1 atom stereocenters. The van der Waals surface area contributed by atoms with Crippen molar-refractivity contribution >= 4 is 16.0 Å². The van der Waals surface area contributed by atoms with Gasteiger partial charge in [-0.1, -0.05) is 36.4 Å². The molecular formula is C27H26N4O3S. The van der Waals surface area contributed by atoms with Crippen LogP contribution in [-0.4, -0.2) is 28.5 Å². The number of aromatic nitrogens is 3. The van der Waals surface area contributed by atoms with Crippen molar-refractivity contribution in [2.24, 2.45) is 0 Å². The van der Waals surface area contributed by atoms with Gasteiger partial charge < -0.3 is 5.11 Å². The molecule has 0 saturated heterocycles. The van der Waals surface area contributed by atoms with Crippen molar-refractivity contribution in [3.05, 3.63) is 94.8 Å². The molecule has 2 aromatic heterocycles. The van der Waals surface area contributed by atoms with Crippen LogP contribution in [-0.2, 0) is 22.9 Å². The minimum atomic E-state index is -3.97. The first kappa shape index (κ1) is 23.0. The van der Waals surface area contributed by atoms with Gasteiger partial charge in [-0.3, -0.25) is 4.98 Å². The Balaban J connectivity index is 1.43. The Morgan fingerprint density at radius 1 is 0.971 bits per heavy atom. The molecule has 0 radical (unpaired) electrons. The Hall–Kier alpha value is -3.78. The summed E-state index contributed by atoms with van der Waals surface area (Å²) in [6.07, 6.45) is 4.42. The van der Waals surface area contributed by atoms with Gasteiger partial charge in [0, 0.05) is 23.5 Å². The van der Waals surface area contributed by atoms with E-state index in [1.54, 1.807) is 18.2 Å². The van der Waals surface area contributed by atoms with Crippen molar-refractivity contribution in [2.75, 3.05) is 4.72 Å². The number of hydrogen-bond acceptors (Lipinski definition) is 6. The maximum atomic E-state index is 13.2. The van der Waals surface area contributed by atoms with Crippen molar-refractivity contribution in [3.8, 4) is 17.1 Å². The second-order valence-corrected chi connectivity index (χ2v) is 10.6. The highest BCUT2D eigenvalue weighted by atomic mass is 32.2. The standard InChI is InChI=1S/C27H26N4O3S/c1-17-6-3-7-18(2)26(17)24-16-25(32)30-27(29-24)31-35(33,34)22-10-4-8-19(15-22)20-11-12-23-21(14-20)9-5-13-28-23/h3-10,13,15-16,20H,11-12,14H2,1-2H3,(H2,29,30,31,32). The number of nitrogens with one attached hydrogen (secondary N) is 1. The summed E-state index contributed by atoms with van der Waals surface area (Å²) in [7, 11) is -3.97. The fraction of sp³-hybridized carbons (Fsp3) is 0.222. The number of hydrogen-bond donors (Lipinski definition) is 2. The van der Waals surface area contributed by atoms with E-state index in [1.165, 1.54) is 11.6 Å². The van der Waals surface area contributed by atoms with Crippen LogP contribution in [0.1, 0.15) is 40.3 Å². The van der Waals surface area contributed by atoms with Gasteiger partial charge in [-0.15, -0.1) is 0 Å². The lowest BCUT2D eigenvalue weighted by atomic mass is 9.82. The average Bonchev–Trinajstić information content (AvgIpc) is 2.83. The van der Waals surface area contributed by atoms with Crippen LogP contribution in [0, 0.1) is 13.8 Å². The molecule has 1 aliphatic carbocycles. The predicted molar refractivity (Wildman–Crippen MR) is 135 cm³/mol. The van der Waals surface area contributed by atoms with E-state index in [1.807, 2.05) is 50.4 Å². The molecule has 4 aromatic rings. The van der Waals surface area contributed by atoms with Gasteiger partial charge in [0.2, 0.25) is 11.8 Å². The minimum absolute atomic E-state index is 0.132. The SMILES string of the molecule is Cc1cccc(C)c1-c1cc(O)nc(NS(=O)(=O)c2cccc(C3CCc4ncccc4C3)c2)n1. The molecule has 0 spiro atoms. The predicted octanol–water partition coefficient (Wildman–Crippen LogP) is 4.93. The number of aromatic hydroxyl groups is 1. The summed E-state index contributed by atoms with van der Waals surface area (Å²) in [6, 6.07) is 18.3. The number of benzene rings is 2. The molecule has 2 heterocycles. The van der Waals surface area contributed by atoms with E-state index in [0.29, 0.717) is 5.69 Å². The zero-order valence-electron chi connectivity index (χ0n) is 19.6. The molecule has 5 rings (SSSR count). The molecule has 0 amide bonds. The van der Waals surface area contributed by atoms with E-state index in [-0.39, 0.29) is 22.6 Å². The average molecular weight is 487 g/mol. The van der Waals surface area contributed by atoms with Gasteiger partial charge in [-0.05, 0) is 79.5 Å². The topological polar surface area (TPSA) is 105 Å². The van der Waals surface area contributed by atoms with Gasteiger partial charge >= 0.3 is 0 Å².